The lowest BCUT2D eigenvalue weighted by atomic mass is 10.1. The van der Waals surface area contributed by atoms with Crippen molar-refractivity contribution in [2.24, 2.45) is 7.05 Å². The third kappa shape index (κ3) is 2.57. The number of hydrogen-bond donors (Lipinski definition) is 1. The van der Waals surface area contributed by atoms with E-state index < -0.39 is 0 Å². The van der Waals surface area contributed by atoms with Crippen LogP contribution in [0.25, 0.3) is 0 Å². The first kappa shape index (κ1) is 13.5. The minimum absolute atomic E-state index is 0.164. The van der Waals surface area contributed by atoms with Gasteiger partial charge in [0.15, 0.2) is 5.82 Å². The Bertz CT molecular complexity index is 687. The van der Waals surface area contributed by atoms with Crippen molar-refractivity contribution in [3.05, 3.63) is 46.4 Å². The quantitative estimate of drug-likeness (QED) is 0.820. The van der Waals surface area contributed by atoms with Crippen LogP contribution in [-0.4, -0.2) is 50.3 Å². The largest absolute Gasteiger partial charge is 0.377 e. The number of amides is 1. The van der Waals surface area contributed by atoms with Crippen molar-refractivity contribution in [1.29, 1.82) is 0 Å². The molecular weight excluding hydrogens is 274 g/mol. The van der Waals surface area contributed by atoms with Crippen LogP contribution in [0.2, 0.25) is 0 Å². The summed E-state index contributed by atoms with van der Waals surface area (Å²) in [5, 5.41) is 4.03. The Morgan fingerprint density at radius 1 is 1.48 bits per heavy atom. The van der Waals surface area contributed by atoms with E-state index in [4.69, 9.17) is 4.74 Å². The van der Waals surface area contributed by atoms with Gasteiger partial charge in [0.1, 0.15) is 12.4 Å². The molecule has 1 saturated heterocycles. The molecule has 0 aliphatic carbocycles. The van der Waals surface area contributed by atoms with E-state index in [1.54, 1.807) is 16.6 Å². The summed E-state index contributed by atoms with van der Waals surface area (Å²) in [5.74, 6) is 0.509. The van der Waals surface area contributed by atoms with Crippen molar-refractivity contribution >= 4 is 5.91 Å². The molecule has 8 nitrogen and oxygen atoms in total. The first-order valence-corrected chi connectivity index (χ1v) is 6.58. The molecule has 1 N–H and O–H groups in total. The van der Waals surface area contributed by atoms with Gasteiger partial charge in [-0.15, -0.1) is 0 Å². The Hall–Kier alpha value is -2.48. The minimum Gasteiger partial charge on any atom is -0.377 e. The minimum atomic E-state index is -0.286. The van der Waals surface area contributed by atoms with Crippen LogP contribution in [0.1, 0.15) is 22.2 Å². The van der Waals surface area contributed by atoms with Crippen molar-refractivity contribution in [3.63, 3.8) is 0 Å². The van der Waals surface area contributed by atoms with Crippen molar-refractivity contribution < 1.29 is 9.53 Å². The van der Waals surface area contributed by atoms with Gasteiger partial charge in [-0.1, -0.05) is 0 Å². The number of ether oxygens (including phenoxy) is 1. The van der Waals surface area contributed by atoms with Crippen LogP contribution in [0, 0.1) is 0 Å². The number of nitrogens with zero attached hydrogens (tertiary/aromatic N) is 4. The maximum atomic E-state index is 12.6. The van der Waals surface area contributed by atoms with Gasteiger partial charge in [0.2, 0.25) is 5.56 Å². The van der Waals surface area contributed by atoms with Crippen molar-refractivity contribution in [1.82, 2.24) is 24.6 Å². The van der Waals surface area contributed by atoms with Gasteiger partial charge in [-0.2, -0.15) is 5.10 Å². The molecule has 1 fully saturated rings. The molecule has 1 aliphatic rings. The highest BCUT2D eigenvalue weighted by molar-refractivity contribution is 5.94. The zero-order chi connectivity index (χ0) is 14.8. The summed E-state index contributed by atoms with van der Waals surface area (Å²) in [4.78, 5) is 32.1. The molecule has 110 valence electrons. The van der Waals surface area contributed by atoms with E-state index in [2.05, 4.69) is 15.1 Å². The first-order chi connectivity index (χ1) is 10.2. The van der Waals surface area contributed by atoms with Crippen molar-refractivity contribution in [2.75, 3.05) is 19.8 Å². The number of aromatic amines is 1. The fourth-order valence-corrected chi connectivity index (χ4v) is 2.38. The topological polar surface area (TPSA) is 93.1 Å². The van der Waals surface area contributed by atoms with Gasteiger partial charge < -0.3 is 14.6 Å². The SMILES string of the molecule is Cn1ncnc1C1COCCN1C(=O)c1ccc(=O)[nH]c1. The van der Waals surface area contributed by atoms with E-state index in [0.29, 0.717) is 31.1 Å². The first-order valence-electron chi connectivity index (χ1n) is 6.58. The van der Waals surface area contributed by atoms with Crippen LogP contribution in [-0.2, 0) is 11.8 Å². The molecule has 3 heterocycles. The zero-order valence-electron chi connectivity index (χ0n) is 11.5. The van der Waals surface area contributed by atoms with Crippen LogP contribution in [0.15, 0.2) is 29.5 Å². The summed E-state index contributed by atoms with van der Waals surface area (Å²) in [6.07, 6.45) is 2.88. The molecule has 3 rings (SSSR count). The van der Waals surface area contributed by atoms with E-state index in [1.165, 1.54) is 24.7 Å². The molecule has 1 aliphatic heterocycles. The van der Waals surface area contributed by atoms with Gasteiger partial charge in [-0.3, -0.25) is 14.3 Å². The average Bonchev–Trinajstić information content (AvgIpc) is 2.93. The molecular formula is C13H15N5O3. The molecule has 0 aromatic carbocycles. The standard InChI is InChI=1S/C13H15N5O3/c1-17-12(15-8-16-17)10-7-21-5-4-18(10)13(20)9-2-3-11(19)14-6-9/h2-3,6,8,10H,4-5,7H2,1H3,(H,14,19). The number of rotatable bonds is 2. The third-order valence-electron chi connectivity index (χ3n) is 3.46. The molecule has 8 heteroatoms. The number of aryl methyl sites for hydroxylation is 1. The molecule has 1 atom stereocenters. The summed E-state index contributed by atoms with van der Waals surface area (Å²) in [6, 6.07) is 2.57. The number of hydrogen-bond acceptors (Lipinski definition) is 5. The monoisotopic (exact) mass is 289 g/mol. The van der Waals surface area contributed by atoms with Gasteiger partial charge in [0.05, 0.1) is 18.8 Å². The van der Waals surface area contributed by atoms with Gasteiger partial charge in [-0.05, 0) is 6.07 Å². The number of nitrogens with one attached hydrogen (secondary N) is 1. The predicted octanol–water partition coefficient (Wildman–Crippen LogP) is -0.283. The molecule has 1 amide bonds. The highest BCUT2D eigenvalue weighted by atomic mass is 16.5. The van der Waals surface area contributed by atoms with Crippen LogP contribution >= 0.6 is 0 Å². The second-order valence-corrected chi connectivity index (χ2v) is 4.77. The number of pyridine rings is 1. The zero-order valence-corrected chi connectivity index (χ0v) is 11.5. The summed E-state index contributed by atoms with van der Waals surface area (Å²) in [6.45, 7) is 1.32. The number of aromatic nitrogens is 4. The van der Waals surface area contributed by atoms with E-state index in [9.17, 15) is 9.59 Å². The average molecular weight is 289 g/mol. The Morgan fingerprint density at radius 2 is 2.33 bits per heavy atom. The van der Waals surface area contributed by atoms with Crippen molar-refractivity contribution in [2.45, 2.75) is 6.04 Å². The maximum absolute atomic E-state index is 12.6. The van der Waals surface area contributed by atoms with Crippen LogP contribution in [0.5, 0.6) is 0 Å². The third-order valence-corrected chi connectivity index (χ3v) is 3.46. The smallest absolute Gasteiger partial charge is 0.256 e. The van der Waals surface area contributed by atoms with Crippen LogP contribution < -0.4 is 5.56 Å². The van der Waals surface area contributed by atoms with Crippen LogP contribution in [0.4, 0.5) is 0 Å². The Kier molecular flexibility index (Phi) is 3.53. The number of carbonyl (C=O) groups is 1. The van der Waals surface area contributed by atoms with Gasteiger partial charge in [0, 0.05) is 25.9 Å². The van der Waals surface area contributed by atoms with E-state index in [-0.39, 0.29) is 17.5 Å². The summed E-state index contributed by atoms with van der Waals surface area (Å²) in [7, 11) is 1.78. The lowest BCUT2D eigenvalue weighted by molar-refractivity contribution is -0.00620. The Morgan fingerprint density at radius 3 is 3.00 bits per heavy atom. The molecule has 0 spiro atoms. The molecule has 2 aromatic heterocycles. The fourth-order valence-electron chi connectivity index (χ4n) is 2.38. The van der Waals surface area contributed by atoms with Crippen molar-refractivity contribution in [3.8, 4) is 0 Å². The molecule has 2 aromatic rings. The van der Waals surface area contributed by atoms with E-state index in [0.717, 1.165) is 0 Å². The predicted molar refractivity (Wildman–Crippen MR) is 72.7 cm³/mol. The molecule has 1 unspecified atom stereocenters. The van der Waals surface area contributed by atoms with Gasteiger partial charge >= 0.3 is 0 Å². The second-order valence-electron chi connectivity index (χ2n) is 4.77. The molecule has 21 heavy (non-hydrogen) atoms. The highest BCUT2D eigenvalue weighted by Crippen LogP contribution is 2.23. The van der Waals surface area contributed by atoms with Crippen LogP contribution in [0.3, 0.4) is 0 Å². The van der Waals surface area contributed by atoms with E-state index >= 15 is 0 Å². The normalized spacial score (nSPS) is 18.7. The number of carbonyl (C=O) groups excluding carboxylic acids is 1. The lowest BCUT2D eigenvalue weighted by Gasteiger charge is -2.34. The lowest BCUT2D eigenvalue weighted by Crippen LogP contribution is -2.44. The maximum Gasteiger partial charge on any atom is 0.256 e. The summed E-state index contributed by atoms with van der Waals surface area (Å²) >= 11 is 0. The molecule has 0 saturated carbocycles. The molecule has 0 bridgehead atoms. The highest BCUT2D eigenvalue weighted by Gasteiger charge is 2.32. The summed E-state index contributed by atoms with van der Waals surface area (Å²) < 4.78 is 7.09. The molecule has 0 radical (unpaired) electrons. The van der Waals surface area contributed by atoms with Gasteiger partial charge in [0.25, 0.3) is 5.91 Å². The number of morpholine rings is 1. The Labute approximate surface area is 120 Å². The summed E-state index contributed by atoms with van der Waals surface area (Å²) in [5.41, 5.74) is 0.196. The number of H-pyrrole nitrogens is 1. The fraction of sp³-hybridized carbons (Fsp3) is 0.385. The Balaban J connectivity index is 1.91. The van der Waals surface area contributed by atoms with Gasteiger partial charge in [-0.25, -0.2) is 4.98 Å². The van der Waals surface area contributed by atoms with E-state index in [1.807, 2.05) is 0 Å². The second kappa shape index (κ2) is 5.49.